The first-order chi connectivity index (χ1) is 10.8. The van der Waals surface area contributed by atoms with Gasteiger partial charge in [-0.05, 0) is 35.0 Å². The fraction of sp³-hybridized carbons (Fsp3) is 0.222. The van der Waals surface area contributed by atoms with Crippen LogP contribution in [0.15, 0.2) is 48.5 Å². The van der Waals surface area contributed by atoms with Gasteiger partial charge in [0.15, 0.2) is 13.6 Å². The Hall–Kier alpha value is -2.30. The van der Waals surface area contributed by atoms with Crippen molar-refractivity contribution in [2.24, 2.45) is 0 Å². The van der Waals surface area contributed by atoms with Crippen LogP contribution in [-0.4, -0.2) is 27.8 Å². The minimum Gasteiger partial charge on any atom is -0.467 e. The second-order valence-electron chi connectivity index (χ2n) is 4.91. The lowest BCUT2D eigenvalue weighted by Crippen LogP contribution is -2.00. The van der Waals surface area contributed by atoms with Crippen molar-refractivity contribution in [3.63, 3.8) is 0 Å². The molecule has 0 heterocycles. The van der Waals surface area contributed by atoms with E-state index >= 15 is 0 Å². The van der Waals surface area contributed by atoms with Crippen LogP contribution < -0.4 is 9.47 Å². The Morgan fingerprint density at radius 1 is 0.682 bits per heavy atom. The van der Waals surface area contributed by atoms with Gasteiger partial charge in [-0.25, -0.2) is 0 Å². The molecular weight excluding hydrogens is 280 g/mol. The zero-order valence-corrected chi connectivity index (χ0v) is 12.7. The second kappa shape index (κ2) is 6.64. The molecule has 0 N–H and O–H groups in total. The third kappa shape index (κ3) is 2.84. The summed E-state index contributed by atoms with van der Waals surface area (Å²) in [7, 11) is 3.22. The highest BCUT2D eigenvalue weighted by Crippen LogP contribution is 2.34. The fourth-order valence-electron chi connectivity index (χ4n) is 2.49. The average molecular weight is 298 g/mol. The maximum atomic E-state index is 5.65. The molecule has 0 aliphatic carbocycles. The predicted molar refractivity (Wildman–Crippen MR) is 86.5 cm³/mol. The van der Waals surface area contributed by atoms with Gasteiger partial charge in [0.1, 0.15) is 11.5 Å². The molecule has 0 atom stereocenters. The first kappa shape index (κ1) is 14.6. The highest BCUT2D eigenvalue weighted by atomic mass is 16.7. The zero-order chi connectivity index (χ0) is 15.4. The third-order valence-electron chi connectivity index (χ3n) is 3.46. The Balaban J connectivity index is 2.15. The summed E-state index contributed by atoms with van der Waals surface area (Å²) >= 11 is 0. The van der Waals surface area contributed by atoms with E-state index in [1.807, 2.05) is 24.3 Å². The van der Waals surface area contributed by atoms with Gasteiger partial charge in [0, 0.05) is 25.0 Å². The number of rotatable bonds is 6. The molecule has 0 unspecified atom stereocenters. The highest BCUT2D eigenvalue weighted by molar-refractivity contribution is 6.03. The van der Waals surface area contributed by atoms with Crippen LogP contribution in [-0.2, 0) is 9.47 Å². The summed E-state index contributed by atoms with van der Waals surface area (Å²) in [5.74, 6) is 1.59. The van der Waals surface area contributed by atoms with E-state index in [1.165, 1.54) is 0 Å². The minimum atomic E-state index is 0.221. The maximum absolute atomic E-state index is 5.65. The van der Waals surface area contributed by atoms with E-state index in [0.717, 1.165) is 33.0 Å². The standard InChI is InChI=1S/C18H18O4/c1-19-11-21-17-7-3-5-13-9-14-6-4-8-18(22-12-20-2)16(14)10-15(13)17/h3-10H,11-12H2,1-2H3. The van der Waals surface area contributed by atoms with Crippen LogP contribution in [0.5, 0.6) is 11.5 Å². The van der Waals surface area contributed by atoms with Crippen molar-refractivity contribution in [3.8, 4) is 11.5 Å². The van der Waals surface area contributed by atoms with Crippen molar-refractivity contribution < 1.29 is 18.9 Å². The van der Waals surface area contributed by atoms with Crippen molar-refractivity contribution in [3.05, 3.63) is 48.5 Å². The summed E-state index contributed by atoms with van der Waals surface area (Å²) in [5, 5.41) is 4.29. The molecule has 0 bridgehead atoms. The Morgan fingerprint density at radius 2 is 1.18 bits per heavy atom. The predicted octanol–water partition coefficient (Wildman–Crippen LogP) is 3.96. The van der Waals surface area contributed by atoms with Crippen molar-refractivity contribution in [1.29, 1.82) is 0 Å². The van der Waals surface area contributed by atoms with E-state index in [-0.39, 0.29) is 13.6 Å². The molecule has 0 saturated carbocycles. The van der Waals surface area contributed by atoms with E-state index in [0.29, 0.717) is 0 Å². The van der Waals surface area contributed by atoms with E-state index in [4.69, 9.17) is 18.9 Å². The first-order valence-corrected chi connectivity index (χ1v) is 7.02. The van der Waals surface area contributed by atoms with Gasteiger partial charge in [-0.2, -0.15) is 0 Å². The van der Waals surface area contributed by atoms with Gasteiger partial charge in [0.25, 0.3) is 0 Å². The van der Waals surface area contributed by atoms with E-state index in [1.54, 1.807) is 14.2 Å². The summed E-state index contributed by atoms with van der Waals surface area (Å²) in [6.45, 7) is 0.442. The van der Waals surface area contributed by atoms with Crippen LogP contribution in [0, 0.1) is 0 Å². The third-order valence-corrected chi connectivity index (χ3v) is 3.46. The highest BCUT2D eigenvalue weighted by Gasteiger charge is 2.08. The summed E-state index contributed by atoms with van der Waals surface area (Å²) < 4.78 is 21.3. The maximum Gasteiger partial charge on any atom is 0.188 e. The van der Waals surface area contributed by atoms with Crippen LogP contribution >= 0.6 is 0 Å². The Kier molecular flexibility index (Phi) is 4.42. The van der Waals surface area contributed by atoms with Gasteiger partial charge in [0.05, 0.1) is 0 Å². The molecule has 0 amide bonds. The van der Waals surface area contributed by atoms with E-state index in [9.17, 15) is 0 Å². The lowest BCUT2D eigenvalue weighted by molar-refractivity contribution is 0.0522. The average Bonchev–Trinajstić information content (AvgIpc) is 2.56. The molecule has 22 heavy (non-hydrogen) atoms. The number of fused-ring (bicyclic) bond motifs is 2. The van der Waals surface area contributed by atoms with Crippen LogP contribution in [0.4, 0.5) is 0 Å². The topological polar surface area (TPSA) is 36.9 Å². The monoisotopic (exact) mass is 298 g/mol. The molecule has 0 aliphatic rings. The van der Waals surface area contributed by atoms with Crippen molar-refractivity contribution >= 4 is 21.5 Å². The van der Waals surface area contributed by atoms with Gasteiger partial charge >= 0.3 is 0 Å². The lowest BCUT2D eigenvalue weighted by atomic mass is 10.0. The van der Waals surface area contributed by atoms with Crippen LogP contribution in [0.25, 0.3) is 21.5 Å². The van der Waals surface area contributed by atoms with Crippen LogP contribution in [0.2, 0.25) is 0 Å². The molecule has 3 rings (SSSR count). The summed E-state index contributed by atoms with van der Waals surface area (Å²) in [4.78, 5) is 0. The quantitative estimate of drug-likeness (QED) is 0.510. The molecule has 0 spiro atoms. The number of hydrogen-bond acceptors (Lipinski definition) is 4. The van der Waals surface area contributed by atoms with Crippen molar-refractivity contribution in [2.75, 3.05) is 27.8 Å². The molecule has 4 heteroatoms. The van der Waals surface area contributed by atoms with Crippen LogP contribution in [0.1, 0.15) is 0 Å². The summed E-state index contributed by atoms with van der Waals surface area (Å²) in [6.07, 6.45) is 0. The molecule has 3 aromatic rings. The normalized spacial score (nSPS) is 11.0. The molecule has 0 saturated heterocycles. The number of hydrogen-bond donors (Lipinski definition) is 0. The smallest absolute Gasteiger partial charge is 0.188 e. The molecule has 0 fully saturated rings. The summed E-state index contributed by atoms with van der Waals surface area (Å²) in [5.41, 5.74) is 0. The van der Waals surface area contributed by atoms with Crippen molar-refractivity contribution in [2.45, 2.75) is 0 Å². The minimum absolute atomic E-state index is 0.221. The van der Waals surface area contributed by atoms with E-state index in [2.05, 4.69) is 24.3 Å². The Bertz CT molecular complexity index is 719. The molecule has 0 aromatic heterocycles. The molecule has 0 aliphatic heterocycles. The van der Waals surface area contributed by atoms with Crippen molar-refractivity contribution in [1.82, 2.24) is 0 Å². The second-order valence-corrected chi connectivity index (χ2v) is 4.91. The number of ether oxygens (including phenoxy) is 4. The van der Waals surface area contributed by atoms with Gasteiger partial charge in [0.2, 0.25) is 0 Å². The molecule has 4 nitrogen and oxygen atoms in total. The Labute approximate surface area is 129 Å². The van der Waals surface area contributed by atoms with Gasteiger partial charge in [-0.15, -0.1) is 0 Å². The number of methoxy groups -OCH3 is 2. The zero-order valence-electron chi connectivity index (χ0n) is 12.7. The Morgan fingerprint density at radius 3 is 1.64 bits per heavy atom. The summed E-state index contributed by atoms with van der Waals surface area (Å²) in [6, 6.07) is 16.2. The molecule has 3 aromatic carbocycles. The molecular formula is C18H18O4. The van der Waals surface area contributed by atoms with Gasteiger partial charge in [-0.1, -0.05) is 24.3 Å². The SMILES string of the molecule is COCOc1cccc2cc3cccc(OCOC)c3cc12. The molecule has 0 radical (unpaired) electrons. The first-order valence-electron chi connectivity index (χ1n) is 7.02. The number of benzene rings is 3. The molecule has 114 valence electrons. The van der Waals surface area contributed by atoms with Crippen LogP contribution in [0.3, 0.4) is 0 Å². The lowest BCUT2D eigenvalue weighted by Gasteiger charge is -2.12. The van der Waals surface area contributed by atoms with Gasteiger partial charge < -0.3 is 18.9 Å². The van der Waals surface area contributed by atoms with Gasteiger partial charge in [-0.3, -0.25) is 0 Å². The largest absolute Gasteiger partial charge is 0.467 e. The van der Waals surface area contributed by atoms with E-state index < -0.39 is 0 Å². The fourth-order valence-corrected chi connectivity index (χ4v) is 2.49.